The van der Waals surface area contributed by atoms with E-state index < -0.39 is 17.6 Å². The maximum atomic E-state index is 13.6. The molecule has 18 heavy (non-hydrogen) atoms. The monoisotopic (exact) mass is 252 g/mol. The molecular weight excluding hydrogens is 239 g/mol. The molecule has 1 aliphatic rings. The summed E-state index contributed by atoms with van der Waals surface area (Å²) in [5.41, 5.74) is 0.826. The third-order valence-corrected chi connectivity index (χ3v) is 2.55. The van der Waals surface area contributed by atoms with Crippen molar-refractivity contribution in [2.24, 2.45) is 0 Å². The molecule has 4 nitrogen and oxygen atoms in total. The van der Waals surface area contributed by atoms with Crippen molar-refractivity contribution in [1.82, 2.24) is 0 Å². The Morgan fingerprint density at radius 2 is 2.22 bits per heavy atom. The molecule has 5 heteroatoms. The minimum atomic E-state index is -1.07. The van der Waals surface area contributed by atoms with E-state index in [9.17, 15) is 9.18 Å². The van der Waals surface area contributed by atoms with Crippen molar-refractivity contribution in [1.29, 1.82) is 0 Å². The average Bonchev–Trinajstić information content (AvgIpc) is 2.26. The summed E-state index contributed by atoms with van der Waals surface area (Å²) in [5.74, 6) is -2.01. The van der Waals surface area contributed by atoms with Crippen molar-refractivity contribution >= 4 is 12.0 Å². The van der Waals surface area contributed by atoms with Crippen molar-refractivity contribution in [3.63, 3.8) is 0 Å². The molecule has 0 radical (unpaired) electrons. The summed E-state index contributed by atoms with van der Waals surface area (Å²) in [7, 11) is 0. The Kier molecular flexibility index (Phi) is 3.09. The van der Waals surface area contributed by atoms with Gasteiger partial charge in [0.25, 0.3) is 0 Å². The van der Waals surface area contributed by atoms with Crippen LogP contribution in [-0.2, 0) is 16.1 Å². The number of ether oxygens (including phenoxy) is 2. The lowest BCUT2D eigenvalue weighted by atomic mass is 10.1. The summed E-state index contributed by atoms with van der Waals surface area (Å²) in [6.45, 7) is 3.53. The first-order valence-corrected chi connectivity index (χ1v) is 5.44. The van der Waals surface area contributed by atoms with Crippen LogP contribution < -0.4 is 4.74 Å². The molecule has 0 bridgehead atoms. The van der Waals surface area contributed by atoms with Gasteiger partial charge < -0.3 is 14.6 Å². The van der Waals surface area contributed by atoms with Crippen LogP contribution >= 0.6 is 0 Å². The molecule has 0 spiro atoms. The summed E-state index contributed by atoms with van der Waals surface area (Å²) in [5, 5.41) is 8.61. The first-order chi connectivity index (χ1) is 8.39. The van der Waals surface area contributed by atoms with Crippen LogP contribution in [0.3, 0.4) is 0 Å². The van der Waals surface area contributed by atoms with Gasteiger partial charge in [-0.15, -0.1) is 0 Å². The smallest absolute Gasteiger partial charge is 0.328 e. The SMILES string of the molecule is CC1(C)OCc2c(F)ccc(/C=C/C(=O)O)c2O1. The topological polar surface area (TPSA) is 55.8 Å². The number of carboxylic acid groups (broad SMARTS) is 1. The van der Waals surface area contributed by atoms with Gasteiger partial charge in [-0.25, -0.2) is 9.18 Å². The minimum absolute atomic E-state index is 0.100. The minimum Gasteiger partial charge on any atom is -0.478 e. The third kappa shape index (κ3) is 2.51. The lowest BCUT2D eigenvalue weighted by molar-refractivity contribution is -0.181. The summed E-state index contributed by atoms with van der Waals surface area (Å²) in [6, 6.07) is 2.75. The van der Waals surface area contributed by atoms with E-state index in [-0.39, 0.29) is 6.61 Å². The zero-order valence-corrected chi connectivity index (χ0v) is 10.1. The fourth-order valence-corrected chi connectivity index (χ4v) is 1.69. The van der Waals surface area contributed by atoms with Crippen molar-refractivity contribution in [3.05, 3.63) is 35.2 Å². The van der Waals surface area contributed by atoms with Crippen LogP contribution in [0.2, 0.25) is 0 Å². The largest absolute Gasteiger partial charge is 0.478 e. The van der Waals surface area contributed by atoms with E-state index in [2.05, 4.69) is 0 Å². The number of carbonyl (C=O) groups is 1. The standard InChI is InChI=1S/C13H13FO4/c1-13(2)17-7-9-10(14)5-3-8(12(9)18-13)4-6-11(15)16/h3-6H,7H2,1-2H3,(H,15,16)/b6-4+. The molecule has 96 valence electrons. The summed E-state index contributed by atoms with van der Waals surface area (Å²) < 4.78 is 24.5. The first kappa shape index (κ1) is 12.6. The second-order valence-electron chi connectivity index (χ2n) is 4.41. The van der Waals surface area contributed by atoms with Crippen LogP contribution in [-0.4, -0.2) is 16.9 Å². The Balaban J connectivity index is 2.47. The van der Waals surface area contributed by atoms with Crippen LogP contribution in [0, 0.1) is 5.82 Å². The predicted molar refractivity (Wildman–Crippen MR) is 62.6 cm³/mol. The van der Waals surface area contributed by atoms with Gasteiger partial charge in [-0.1, -0.05) is 0 Å². The van der Waals surface area contributed by atoms with Gasteiger partial charge in [0.1, 0.15) is 11.6 Å². The number of benzene rings is 1. The van der Waals surface area contributed by atoms with Gasteiger partial charge in [-0.2, -0.15) is 0 Å². The second-order valence-corrected chi connectivity index (χ2v) is 4.41. The summed E-state index contributed by atoms with van der Waals surface area (Å²) >= 11 is 0. The highest BCUT2D eigenvalue weighted by molar-refractivity contribution is 5.86. The highest BCUT2D eigenvalue weighted by atomic mass is 19.1. The Hall–Kier alpha value is -1.88. The molecular formula is C13H13FO4. The zero-order valence-electron chi connectivity index (χ0n) is 10.1. The average molecular weight is 252 g/mol. The molecule has 1 aliphatic heterocycles. The van der Waals surface area contributed by atoms with Crippen molar-refractivity contribution in [3.8, 4) is 5.75 Å². The number of hydrogen-bond acceptors (Lipinski definition) is 3. The van der Waals surface area contributed by atoms with E-state index in [1.165, 1.54) is 18.2 Å². The Labute approximate surface area is 104 Å². The lowest BCUT2D eigenvalue weighted by Gasteiger charge is -2.33. The molecule has 0 aliphatic carbocycles. The lowest BCUT2D eigenvalue weighted by Crippen LogP contribution is -2.36. The Morgan fingerprint density at radius 3 is 2.89 bits per heavy atom. The molecule has 2 rings (SSSR count). The van der Waals surface area contributed by atoms with E-state index in [1.54, 1.807) is 13.8 Å². The van der Waals surface area contributed by atoms with Crippen LogP contribution in [0.1, 0.15) is 25.0 Å². The summed E-state index contributed by atoms with van der Waals surface area (Å²) in [6.07, 6.45) is 2.36. The molecule has 0 amide bonds. The van der Waals surface area contributed by atoms with E-state index in [0.29, 0.717) is 16.9 Å². The van der Waals surface area contributed by atoms with Crippen molar-refractivity contribution in [2.75, 3.05) is 0 Å². The number of carboxylic acids is 1. The van der Waals surface area contributed by atoms with E-state index in [4.69, 9.17) is 14.6 Å². The van der Waals surface area contributed by atoms with E-state index >= 15 is 0 Å². The summed E-state index contributed by atoms with van der Waals surface area (Å²) in [4.78, 5) is 10.5. The zero-order chi connectivity index (χ0) is 13.3. The molecule has 0 saturated carbocycles. The predicted octanol–water partition coefficient (Wildman–Crippen LogP) is 2.57. The maximum absolute atomic E-state index is 13.6. The molecule has 0 aromatic heterocycles. The molecule has 1 aromatic rings. The molecule has 0 saturated heterocycles. The number of hydrogen-bond donors (Lipinski definition) is 1. The molecule has 1 heterocycles. The van der Waals surface area contributed by atoms with Gasteiger partial charge in [-0.05, 0) is 18.2 Å². The number of halogens is 1. The van der Waals surface area contributed by atoms with Crippen LogP contribution in [0.15, 0.2) is 18.2 Å². The van der Waals surface area contributed by atoms with Gasteiger partial charge in [0.2, 0.25) is 5.79 Å². The van der Waals surface area contributed by atoms with Gasteiger partial charge in [0, 0.05) is 25.5 Å². The maximum Gasteiger partial charge on any atom is 0.328 e. The first-order valence-electron chi connectivity index (χ1n) is 5.44. The molecule has 1 aromatic carbocycles. The second kappa shape index (κ2) is 4.42. The quantitative estimate of drug-likeness (QED) is 0.822. The third-order valence-electron chi connectivity index (χ3n) is 2.55. The fourth-order valence-electron chi connectivity index (χ4n) is 1.69. The Bertz CT molecular complexity index is 520. The van der Waals surface area contributed by atoms with Crippen molar-refractivity contribution < 1.29 is 23.8 Å². The molecule has 1 N–H and O–H groups in total. The molecule has 0 fully saturated rings. The van der Waals surface area contributed by atoms with Crippen LogP contribution in [0.4, 0.5) is 4.39 Å². The fraction of sp³-hybridized carbons (Fsp3) is 0.308. The van der Waals surface area contributed by atoms with Gasteiger partial charge in [-0.3, -0.25) is 0 Å². The van der Waals surface area contributed by atoms with Crippen LogP contribution in [0.5, 0.6) is 5.75 Å². The van der Waals surface area contributed by atoms with E-state index in [0.717, 1.165) is 6.08 Å². The molecule has 0 atom stereocenters. The van der Waals surface area contributed by atoms with E-state index in [1.807, 2.05) is 0 Å². The van der Waals surface area contributed by atoms with Gasteiger partial charge >= 0.3 is 5.97 Å². The number of aliphatic carboxylic acids is 1. The molecule has 0 unspecified atom stereocenters. The highest BCUT2D eigenvalue weighted by Crippen LogP contribution is 2.36. The normalized spacial score (nSPS) is 17.3. The Morgan fingerprint density at radius 1 is 1.50 bits per heavy atom. The number of fused-ring (bicyclic) bond motifs is 1. The van der Waals surface area contributed by atoms with Gasteiger partial charge in [0.05, 0.1) is 12.2 Å². The number of rotatable bonds is 2. The highest BCUT2D eigenvalue weighted by Gasteiger charge is 2.30. The van der Waals surface area contributed by atoms with Crippen molar-refractivity contribution in [2.45, 2.75) is 26.2 Å². The van der Waals surface area contributed by atoms with Gasteiger partial charge in [0.15, 0.2) is 0 Å². The van der Waals surface area contributed by atoms with Crippen LogP contribution in [0.25, 0.3) is 6.08 Å².